The number of nitriles is 1. The van der Waals surface area contributed by atoms with Crippen LogP contribution in [0.1, 0.15) is 40.1 Å². The molecule has 206 valence electrons. The van der Waals surface area contributed by atoms with Crippen LogP contribution in [0.5, 0.6) is 0 Å². The van der Waals surface area contributed by atoms with Crippen LogP contribution in [0, 0.1) is 15.0 Å². The molecule has 2 amide bonds. The van der Waals surface area contributed by atoms with Gasteiger partial charge in [-0.05, 0) is 67.0 Å². The minimum Gasteiger partial charge on any atom is -0.346 e. The van der Waals surface area contributed by atoms with Crippen molar-refractivity contribution in [1.82, 2.24) is 5.32 Å². The van der Waals surface area contributed by atoms with E-state index in [0.29, 0.717) is 21.5 Å². The van der Waals surface area contributed by atoms with Gasteiger partial charge in [0.2, 0.25) is 6.19 Å². The third-order valence-corrected chi connectivity index (χ3v) is 7.46. The minimum absolute atomic E-state index is 0.0274. The molecule has 0 saturated carbocycles. The third-order valence-electron chi connectivity index (χ3n) is 5.03. The molecule has 38 heavy (non-hydrogen) atoms. The number of benzene rings is 2. The Morgan fingerprint density at radius 3 is 2.03 bits per heavy atom. The number of hydrogen-bond acceptors (Lipinski definition) is 4. The number of nitrogens with one attached hydrogen (secondary N) is 2. The predicted octanol–water partition coefficient (Wildman–Crippen LogP) is 6.25. The van der Waals surface area contributed by atoms with Gasteiger partial charge in [-0.25, -0.2) is 4.39 Å². The standard InChI is InChI=1S/C23H20F7IN4O2S/c1-20(2,11-38(3)33-12-32)35-19(37)17-15(5-4-6-16(17)31)18(36)34-14-9-7-13(8-10-14)21(24,22(25,26)27)23(28,29)30/h4-10H,11H2,1-3H3,(H,34,36)(H,35,37). The van der Waals surface area contributed by atoms with Gasteiger partial charge >= 0.3 is 18.0 Å². The molecule has 2 aromatic carbocycles. The number of rotatable bonds is 7. The van der Waals surface area contributed by atoms with E-state index in [9.17, 15) is 40.3 Å². The Morgan fingerprint density at radius 1 is 0.974 bits per heavy atom. The van der Waals surface area contributed by atoms with Gasteiger partial charge in [0.15, 0.2) is 0 Å². The number of carbonyl (C=O) groups excluding carboxylic acids is 2. The highest BCUT2D eigenvalue weighted by molar-refractivity contribution is 14.1. The molecule has 0 heterocycles. The lowest BCUT2D eigenvalue weighted by atomic mass is 9.94. The first kappa shape index (κ1) is 31.5. The van der Waals surface area contributed by atoms with E-state index in [1.54, 1.807) is 32.4 Å². The number of nitrogens with zero attached hydrogens (tertiary/aromatic N) is 2. The molecule has 2 rings (SSSR count). The van der Waals surface area contributed by atoms with Crippen molar-refractivity contribution in [2.45, 2.75) is 37.4 Å². The highest BCUT2D eigenvalue weighted by Gasteiger charge is 2.73. The second kappa shape index (κ2) is 11.6. The Hall–Kier alpha value is -2.74. The summed E-state index contributed by atoms with van der Waals surface area (Å²) in [6, 6.07) is 6.27. The monoisotopic (exact) mass is 676 g/mol. The van der Waals surface area contributed by atoms with Crippen molar-refractivity contribution in [3.8, 4) is 6.19 Å². The summed E-state index contributed by atoms with van der Waals surface area (Å²) in [4.78, 5) is 26.0. The summed E-state index contributed by atoms with van der Waals surface area (Å²) < 4.78 is 96.2. The normalized spacial score (nSPS) is 13.5. The van der Waals surface area contributed by atoms with Crippen molar-refractivity contribution >= 4 is 50.8 Å². The molecule has 15 heteroatoms. The Bertz CT molecular complexity index is 1270. The number of carbonyl (C=O) groups is 2. The van der Waals surface area contributed by atoms with Crippen molar-refractivity contribution < 1.29 is 40.3 Å². The van der Waals surface area contributed by atoms with Gasteiger partial charge in [0, 0.05) is 26.1 Å². The molecule has 0 spiro atoms. The van der Waals surface area contributed by atoms with Gasteiger partial charge in [-0.1, -0.05) is 28.9 Å². The third kappa shape index (κ3) is 7.01. The summed E-state index contributed by atoms with van der Waals surface area (Å²) in [7, 11) is -0.678. The molecular weight excluding hydrogens is 656 g/mol. The van der Waals surface area contributed by atoms with Crippen LogP contribution in [0.3, 0.4) is 0 Å². The number of alkyl halides is 7. The topological polar surface area (TPSA) is 94.3 Å². The predicted molar refractivity (Wildman–Crippen MR) is 136 cm³/mol. The van der Waals surface area contributed by atoms with Crippen molar-refractivity contribution in [1.29, 1.82) is 5.26 Å². The summed E-state index contributed by atoms with van der Waals surface area (Å²) in [6.45, 7) is 3.40. The number of halogens is 8. The number of anilines is 1. The maximum Gasteiger partial charge on any atom is 0.435 e. The fourth-order valence-corrected chi connectivity index (χ4v) is 5.51. The lowest BCUT2D eigenvalue weighted by Crippen LogP contribution is -2.50. The van der Waals surface area contributed by atoms with E-state index in [1.165, 1.54) is 12.1 Å². The Balaban J connectivity index is 2.34. The first-order valence-electron chi connectivity index (χ1n) is 10.4. The second-order valence-corrected chi connectivity index (χ2v) is 11.5. The van der Waals surface area contributed by atoms with Crippen molar-refractivity contribution in [2.24, 2.45) is 4.36 Å². The van der Waals surface area contributed by atoms with Crippen LogP contribution in [0.4, 0.5) is 36.4 Å². The van der Waals surface area contributed by atoms with Gasteiger partial charge in [0.25, 0.3) is 11.8 Å². The molecule has 0 fully saturated rings. The minimum atomic E-state index is -6.27. The van der Waals surface area contributed by atoms with Gasteiger partial charge < -0.3 is 10.6 Å². The average Bonchev–Trinajstić information content (AvgIpc) is 2.76. The zero-order valence-electron chi connectivity index (χ0n) is 19.9. The molecule has 0 aliphatic rings. The molecule has 1 unspecified atom stereocenters. The first-order valence-corrected chi connectivity index (χ1v) is 13.3. The first-order chi connectivity index (χ1) is 17.3. The fourth-order valence-electron chi connectivity index (χ4n) is 3.44. The lowest BCUT2D eigenvalue weighted by Gasteiger charge is -2.30. The molecule has 0 bridgehead atoms. The van der Waals surface area contributed by atoms with Gasteiger partial charge in [0.05, 0.1) is 11.1 Å². The van der Waals surface area contributed by atoms with Crippen molar-refractivity contribution in [3.63, 3.8) is 0 Å². The zero-order valence-corrected chi connectivity index (χ0v) is 22.9. The molecule has 0 aliphatic heterocycles. The molecule has 0 radical (unpaired) electrons. The summed E-state index contributed by atoms with van der Waals surface area (Å²) in [5.74, 6) is -1.19. The maximum absolute atomic E-state index is 14.2. The molecule has 0 saturated heterocycles. The molecular formula is C23H20F7IN4O2S. The SMILES string of the molecule is CS(CC(C)(C)NC(=O)c1c(I)cccc1C(=O)Nc1ccc(C(F)(C(F)(F)F)C(F)(F)F)cc1)=NC#N. The summed E-state index contributed by atoms with van der Waals surface area (Å²) >= 11 is 1.83. The van der Waals surface area contributed by atoms with Crippen LogP contribution in [0.2, 0.25) is 0 Å². The fraction of sp³-hybridized carbons (Fsp3) is 0.348. The van der Waals surface area contributed by atoms with E-state index in [0.717, 1.165) is 0 Å². The van der Waals surface area contributed by atoms with Gasteiger partial charge in [0.1, 0.15) is 0 Å². The van der Waals surface area contributed by atoms with Crippen molar-refractivity contribution in [2.75, 3.05) is 17.3 Å². The van der Waals surface area contributed by atoms with E-state index in [4.69, 9.17) is 5.26 Å². The average molecular weight is 676 g/mol. The van der Waals surface area contributed by atoms with Crippen LogP contribution in [-0.4, -0.2) is 41.7 Å². The van der Waals surface area contributed by atoms with Crippen LogP contribution in [0.25, 0.3) is 0 Å². The highest BCUT2D eigenvalue weighted by Crippen LogP contribution is 2.53. The van der Waals surface area contributed by atoms with Crippen molar-refractivity contribution in [3.05, 3.63) is 62.7 Å². The van der Waals surface area contributed by atoms with Crippen LogP contribution in [0.15, 0.2) is 46.8 Å². The molecule has 2 N–H and O–H groups in total. The molecule has 2 aromatic rings. The quantitative estimate of drug-likeness (QED) is 0.206. The Morgan fingerprint density at radius 2 is 1.53 bits per heavy atom. The summed E-state index contributed by atoms with van der Waals surface area (Å²) in [6.07, 6.45) is -9.13. The van der Waals surface area contributed by atoms with E-state index in [1.807, 2.05) is 22.6 Å². The molecule has 6 nitrogen and oxygen atoms in total. The Kier molecular flexibility index (Phi) is 9.58. The largest absolute Gasteiger partial charge is 0.435 e. The van der Waals surface area contributed by atoms with E-state index in [-0.39, 0.29) is 28.9 Å². The molecule has 1 atom stereocenters. The number of hydrogen-bond donors (Lipinski definition) is 2. The Labute approximate surface area is 229 Å². The van der Waals surface area contributed by atoms with Crippen LogP contribution >= 0.6 is 22.6 Å². The summed E-state index contributed by atoms with van der Waals surface area (Å²) in [5, 5.41) is 13.8. The maximum atomic E-state index is 14.2. The smallest absolute Gasteiger partial charge is 0.346 e. The van der Waals surface area contributed by atoms with Gasteiger partial charge in [-0.15, -0.1) is 0 Å². The van der Waals surface area contributed by atoms with E-state index >= 15 is 0 Å². The van der Waals surface area contributed by atoms with Gasteiger partial charge in [-0.3, -0.25) is 9.59 Å². The number of amides is 2. The summed E-state index contributed by atoms with van der Waals surface area (Å²) in [5.41, 5.74) is -8.52. The van der Waals surface area contributed by atoms with Crippen LogP contribution in [-0.2, 0) is 16.4 Å². The van der Waals surface area contributed by atoms with Gasteiger partial charge in [-0.2, -0.15) is 36.0 Å². The lowest BCUT2D eigenvalue weighted by molar-refractivity contribution is -0.348. The molecule has 0 aromatic heterocycles. The van der Waals surface area contributed by atoms with E-state index in [2.05, 4.69) is 15.0 Å². The second-order valence-electron chi connectivity index (χ2n) is 8.62. The zero-order chi connectivity index (χ0) is 29.1. The molecule has 0 aliphatic carbocycles. The van der Waals surface area contributed by atoms with E-state index < -0.39 is 51.6 Å². The van der Waals surface area contributed by atoms with Crippen LogP contribution < -0.4 is 10.6 Å². The highest BCUT2D eigenvalue weighted by atomic mass is 127.